The van der Waals surface area contributed by atoms with E-state index in [2.05, 4.69) is 14.8 Å². The molecule has 0 amide bonds. The molecule has 0 N–H and O–H groups in total. The van der Waals surface area contributed by atoms with Crippen molar-refractivity contribution in [3.63, 3.8) is 0 Å². The Bertz CT molecular complexity index is 148. The zero-order chi connectivity index (χ0) is 10.1. The van der Waals surface area contributed by atoms with Crippen LogP contribution in [0.25, 0.3) is 0 Å². The lowest BCUT2D eigenvalue weighted by Crippen LogP contribution is -2.09. The standard InChI is InChI=1S/C8H14O5/c1-3-5-7(9)11-13-12-8(10)6-4-2/h3-6H2,1-2H3. The van der Waals surface area contributed by atoms with Gasteiger partial charge in [-0.15, -0.1) is 0 Å². The summed E-state index contributed by atoms with van der Waals surface area (Å²) < 4.78 is 0. The van der Waals surface area contributed by atoms with Gasteiger partial charge < -0.3 is 0 Å². The highest BCUT2D eigenvalue weighted by Crippen LogP contribution is 1.95. The fourth-order valence-electron chi connectivity index (χ4n) is 0.584. The highest BCUT2D eigenvalue weighted by Gasteiger charge is 2.06. The Labute approximate surface area is 76.8 Å². The van der Waals surface area contributed by atoms with E-state index in [-0.39, 0.29) is 12.8 Å². The summed E-state index contributed by atoms with van der Waals surface area (Å²) in [4.78, 5) is 29.5. The van der Waals surface area contributed by atoms with Gasteiger partial charge in [-0.05, 0) is 12.8 Å². The molecule has 0 atom stereocenters. The van der Waals surface area contributed by atoms with Crippen LogP contribution in [0, 0.1) is 0 Å². The van der Waals surface area contributed by atoms with Crippen molar-refractivity contribution in [3.05, 3.63) is 0 Å². The molecule has 0 radical (unpaired) electrons. The van der Waals surface area contributed by atoms with Gasteiger partial charge >= 0.3 is 11.9 Å². The molecule has 0 bridgehead atoms. The Morgan fingerprint density at radius 1 is 0.923 bits per heavy atom. The third kappa shape index (κ3) is 7.27. The summed E-state index contributed by atoms with van der Waals surface area (Å²) in [5.74, 6) is -1.10. The summed E-state index contributed by atoms with van der Waals surface area (Å²) in [6.45, 7) is 3.65. The van der Waals surface area contributed by atoms with Gasteiger partial charge in [0.15, 0.2) is 0 Å². The van der Waals surface area contributed by atoms with Crippen LogP contribution in [-0.4, -0.2) is 11.9 Å². The van der Waals surface area contributed by atoms with Crippen LogP contribution in [0.3, 0.4) is 0 Å². The van der Waals surface area contributed by atoms with Gasteiger partial charge in [0.25, 0.3) is 0 Å². The molecular formula is C8H14O5. The monoisotopic (exact) mass is 190 g/mol. The molecule has 0 aromatic carbocycles. The van der Waals surface area contributed by atoms with E-state index in [1.54, 1.807) is 0 Å². The molecule has 0 aromatic rings. The van der Waals surface area contributed by atoms with Gasteiger partial charge in [-0.25, -0.2) is 9.59 Å². The maximum Gasteiger partial charge on any atom is 0.346 e. The number of rotatable bonds is 6. The Kier molecular flexibility index (Phi) is 6.91. The third-order valence-electron chi connectivity index (χ3n) is 1.16. The topological polar surface area (TPSA) is 61.8 Å². The first-order valence-electron chi connectivity index (χ1n) is 4.27. The summed E-state index contributed by atoms with van der Waals surface area (Å²) in [6, 6.07) is 0. The maximum absolute atomic E-state index is 10.6. The second-order valence-electron chi connectivity index (χ2n) is 2.48. The quantitative estimate of drug-likeness (QED) is 0.469. The predicted molar refractivity (Wildman–Crippen MR) is 43.1 cm³/mol. The molecule has 0 heterocycles. The van der Waals surface area contributed by atoms with E-state index in [0.717, 1.165) is 0 Å². The predicted octanol–water partition coefficient (Wildman–Crippen LogP) is 1.52. The van der Waals surface area contributed by atoms with Crippen LogP contribution >= 0.6 is 0 Å². The second-order valence-corrected chi connectivity index (χ2v) is 2.48. The Morgan fingerprint density at radius 2 is 1.31 bits per heavy atom. The summed E-state index contributed by atoms with van der Waals surface area (Å²) in [5, 5.41) is 3.96. The van der Waals surface area contributed by atoms with E-state index in [9.17, 15) is 9.59 Å². The Morgan fingerprint density at radius 3 is 1.62 bits per heavy atom. The first-order valence-corrected chi connectivity index (χ1v) is 4.27. The van der Waals surface area contributed by atoms with Crippen molar-refractivity contribution in [3.8, 4) is 0 Å². The molecule has 0 aromatic heterocycles. The lowest BCUT2D eigenvalue weighted by Gasteiger charge is -2.00. The highest BCUT2D eigenvalue weighted by molar-refractivity contribution is 5.69. The number of hydrogen-bond acceptors (Lipinski definition) is 5. The third-order valence-corrected chi connectivity index (χ3v) is 1.16. The minimum atomic E-state index is -0.549. The normalized spacial score (nSPS) is 9.38. The van der Waals surface area contributed by atoms with Crippen LogP contribution in [0.2, 0.25) is 0 Å². The van der Waals surface area contributed by atoms with E-state index in [4.69, 9.17) is 0 Å². The molecular weight excluding hydrogens is 176 g/mol. The number of carbonyl (C=O) groups is 2. The molecule has 0 aliphatic carbocycles. The summed E-state index contributed by atoms with van der Waals surface area (Å²) in [6.07, 6.45) is 1.80. The molecule has 0 saturated heterocycles. The smallest absolute Gasteiger partial charge is 0.260 e. The molecule has 0 unspecified atom stereocenters. The second kappa shape index (κ2) is 7.54. The molecule has 0 spiro atoms. The lowest BCUT2D eigenvalue weighted by atomic mass is 10.3. The van der Waals surface area contributed by atoms with Crippen molar-refractivity contribution < 1.29 is 24.4 Å². The number of carbonyl (C=O) groups excluding carboxylic acids is 2. The van der Waals surface area contributed by atoms with Crippen molar-refractivity contribution in [2.24, 2.45) is 0 Å². The van der Waals surface area contributed by atoms with Gasteiger partial charge in [0.2, 0.25) is 0 Å². The lowest BCUT2D eigenvalue weighted by molar-refractivity contribution is -0.459. The zero-order valence-electron chi connectivity index (χ0n) is 7.87. The minimum absolute atomic E-state index is 0.241. The Hall–Kier alpha value is -1.10. The van der Waals surface area contributed by atoms with Gasteiger partial charge in [0, 0.05) is 17.9 Å². The summed E-state index contributed by atoms with van der Waals surface area (Å²) in [7, 11) is 0. The van der Waals surface area contributed by atoms with Crippen LogP contribution in [0.5, 0.6) is 0 Å². The van der Waals surface area contributed by atoms with E-state index < -0.39 is 11.9 Å². The molecule has 5 heteroatoms. The van der Waals surface area contributed by atoms with Crippen LogP contribution in [0.4, 0.5) is 0 Å². The van der Waals surface area contributed by atoms with E-state index >= 15 is 0 Å². The van der Waals surface area contributed by atoms with Gasteiger partial charge in [-0.2, -0.15) is 0 Å². The van der Waals surface area contributed by atoms with E-state index in [1.165, 1.54) is 0 Å². The van der Waals surface area contributed by atoms with Crippen molar-refractivity contribution in [1.29, 1.82) is 0 Å². The van der Waals surface area contributed by atoms with Gasteiger partial charge in [-0.3, -0.25) is 9.78 Å². The van der Waals surface area contributed by atoms with Crippen molar-refractivity contribution in [2.75, 3.05) is 0 Å². The molecule has 0 saturated carbocycles. The van der Waals surface area contributed by atoms with E-state index in [0.29, 0.717) is 12.8 Å². The summed E-state index contributed by atoms with van der Waals surface area (Å²) in [5.41, 5.74) is 0. The van der Waals surface area contributed by atoms with Crippen LogP contribution in [0.15, 0.2) is 0 Å². The first-order chi connectivity index (χ1) is 6.20. The summed E-state index contributed by atoms with van der Waals surface area (Å²) >= 11 is 0. The fraction of sp³-hybridized carbons (Fsp3) is 0.750. The molecule has 0 aliphatic rings. The largest absolute Gasteiger partial charge is 0.346 e. The van der Waals surface area contributed by atoms with Gasteiger partial charge in [0.05, 0.1) is 0 Å². The van der Waals surface area contributed by atoms with Crippen molar-refractivity contribution >= 4 is 11.9 Å². The Balaban J connectivity index is 3.33. The van der Waals surface area contributed by atoms with Gasteiger partial charge in [0.1, 0.15) is 0 Å². The molecule has 13 heavy (non-hydrogen) atoms. The van der Waals surface area contributed by atoms with E-state index in [1.807, 2.05) is 13.8 Å². The zero-order valence-corrected chi connectivity index (χ0v) is 7.87. The average Bonchev–Trinajstić information content (AvgIpc) is 2.05. The molecule has 0 fully saturated rings. The number of hydrogen-bond donors (Lipinski definition) is 0. The molecule has 5 nitrogen and oxygen atoms in total. The van der Waals surface area contributed by atoms with Crippen LogP contribution in [-0.2, 0) is 24.4 Å². The minimum Gasteiger partial charge on any atom is -0.260 e. The van der Waals surface area contributed by atoms with Crippen molar-refractivity contribution in [1.82, 2.24) is 0 Å². The maximum atomic E-state index is 10.6. The SMILES string of the molecule is CCCC(=O)OOOC(=O)CCC. The van der Waals surface area contributed by atoms with Crippen LogP contribution in [0.1, 0.15) is 39.5 Å². The molecule has 76 valence electrons. The highest BCUT2D eigenvalue weighted by atomic mass is 17.5. The molecule has 0 rings (SSSR count). The first kappa shape index (κ1) is 11.9. The van der Waals surface area contributed by atoms with Crippen LogP contribution < -0.4 is 0 Å². The molecule has 0 aliphatic heterocycles. The fourth-order valence-corrected chi connectivity index (χ4v) is 0.584. The van der Waals surface area contributed by atoms with Gasteiger partial charge in [-0.1, -0.05) is 13.8 Å². The van der Waals surface area contributed by atoms with Crippen molar-refractivity contribution in [2.45, 2.75) is 39.5 Å². The average molecular weight is 190 g/mol.